The van der Waals surface area contributed by atoms with E-state index < -0.39 is 33.4 Å². The van der Waals surface area contributed by atoms with Gasteiger partial charge in [0.1, 0.15) is 16.3 Å². The Labute approximate surface area is 178 Å². The number of imidazole rings is 1. The van der Waals surface area contributed by atoms with E-state index in [-0.39, 0.29) is 26.3 Å². The van der Waals surface area contributed by atoms with Crippen molar-refractivity contribution < 1.29 is 31.1 Å². The third kappa shape index (κ3) is 3.92. The second-order valence-electron chi connectivity index (χ2n) is 6.01. The van der Waals surface area contributed by atoms with Crippen LogP contribution in [0, 0.1) is 0 Å². The second-order valence-corrected chi connectivity index (χ2v) is 8.76. The van der Waals surface area contributed by atoms with Crippen molar-refractivity contribution in [1.82, 2.24) is 13.7 Å². The number of sulfonamides is 1. The number of methoxy groups -OCH3 is 1. The number of rotatable bonds is 4. The van der Waals surface area contributed by atoms with Gasteiger partial charge < -0.3 is 9.14 Å². The highest BCUT2D eigenvalue weighted by molar-refractivity contribution is 7.89. The Morgan fingerprint density at radius 1 is 1.17 bits per heavy atom. The van der Waals surface area contributed by atoms with E-state index in [0.717, 1.165) is 23.7 Å². The maximum Gasteiger partial charge on any atom is 0.417 e. The molecular formula is C17H12Cl2F3N3O4S. The van der Waals surface area contributed by atoms with Gasteiger partial charge in [-0.1, -0.05) is 23.2 Å². The van der Waals surface area contributed by atoms with Crippen LogP contribution in [0.4, 0.5) is 13.2 Å². The average Bonchev–Trinajstić information content (AvgIpc) is 3.11. The smallest absolute Gasteiger partial charge is 0.417 e. The summed E-state index contributed by atoms with van der Waals surface area (Å²) in [7, 11) is -2.12. The van der Waals surface area contributed by atoms with E-state index >= 15 is 0 Å². The molecule has 0 fully saturated rings. The molecule has 0 aliphatic carbocycles. The summed E-state index contributed by atoms with van der Waals surface area (Å²) in [5.41, 5.74) is -1.62. The number of halogens is 5. The molecule has 2 heterocycles. The zero-order valence-corrected chi connectivity index (χ0v) is 17.6. The summed E-state index contributed by atoms with van der Waals surface area (Å²) < 4.78 is 70.9. The average molecular weight is 482 g/mol. The van der Waals surface area contributed by atoms with Gasteiger partial charge in [0.05, 0.1) is 22.7 Å². The Balaban J connectivity index is 2.04. The summed E-state index contributed by atoms with van der Waals surface area (Å²) in [6.07, 6.45) is -3.02. The van der Waals surface area contributed by atoms with Gasteiger partial charge in [0, 0.05) is 25.5 Å². The normalized spacial score (nSPS) is 12.2. The first kappa shape index (κ1) is 22.2. The highest BCUT2D eigenvalue weighted by Crippen LogP contribution is 2.33. The van der Waals surface area contributed by atoms with Gasteiger partial charge in [0.25, 0.3) is 15.9 Å². The van der Waals surface area contributed by atoms with Crippen molar-refractivity contribution in [3.63, 3.8) is 0 Å². The fourth-order valence-electron chi connectivity index (χ4n) is 2.54. The third-order valence-corrected chi connectivity index (χ3v) is 6.62. The van der Waals surface area contributed by atoms with Crippen LogP contribution in [0.5, 0.6) is 5.75 Å². The van der Waals surface area contributed by atoms with E-state index in [4.69, 9.17) is 27.9 Å². The van der Waals surface area contributed by atoms with Crippen molar-refractivity contribution in [1.29, 1.82) is 0 Å². The number of nitrogens with zero attached hydrogens (tertiary/aromatic N) is 3. The van der Waals surface area contributed by atoms with Crippen LogP contribution in [0.25, 0.3) is 5.65 Å². The Kier molecular flexibility index (Phi) is 5.65. The number of fused-ring (bicyclic) bond motifs is 1. The molecule has 0 bridgehead atoms. The van der Waals surface area contributed by atoms with Crippen LogP contribution in [0.2, 0.25) is 10.0 Å². The molecule has 0 atom stereocenters. The fourth-order valence-corrected chi connectivity index (χ4v) is 4.40. The molecule has 0 unspecified atom stereocenters. The summed E-state index contributed by atoms with van der Waals surface area (Å²) in [5.74, 6) is -0.903. The molecule has 160 valence electrons. The van der Waals surface area contributed by atoms with Crippen LogP contribution in [0.3, 0.4) is 0 Å². The van der Waals surface area contributed by atoms with Crippen molar-refractivity contribution in [2.45, 2.75) is 11.1 Å². The summed E-state index contributed by atoms with van der Waals surface area (Å²) in [4.78, 5) is 16.2. The molecule has 1 aromatic carbocycles. The molecular weight excluding hydrogens is 470 g/mol. The molecule has 0 spiro atoms. The standard InChI is InChI=1S/C17H12Cl2F3N3O4S/c1-24(30(27,28)14-6-10(29-2)3-4-11(14)18)16(26)13-8-25-7-9(17(20,21)22)5-12(19)15(25)23-13/h3-8H,1-2H3. The van der Waals surface area contributed by atoms with Crippen molar-refractivity contribution in [3.05, 3.63) is 58.0 Å². The number of ether oxygens (including phenoxy) is 1. The van der Waals surface area contributed by atoms with E-state index in [9.17, 15) is 26.4 Å². The number of alkyl halides is 3. The fraction of sp³-hybridized carbons (Fsp3) is 0.176. The number of amides is 1. The summed E-state index contributed by atoms with van der Waals surface area (Å²) in [6, 6.07) is 4.52. The molecule has 3 rings (SSSR count). The van der Waals surface area contributed by atoms with E-state index in [1.165, 1.54) is 19.2 Å². The summed E-state index contributed by atoms with van der Waals surface area (Å²) in [6.45, 7) is 0. The highest BCUT2D eigenvalue weighted by Gasteiger charge is 2.33. The molecule has 30 heavy (non-hydrogen) atoms. The van der Waals surface area contributed by atoms with E-state index in [0.29, 0.717) is 16.6 Å². The Morgan fingerprint density at radius 3 is 2.43 bits per heavy atom. The van der Waals surface area contributed by atoms with Gasteiger partial charge in [-0.25, -0.2) is 17.7 Å². The molecule has 0 radical (unpaired) electrons. The third-order valence-electron chi connectivity index (χ3n) is 4.12. The quantitative estimate of drug-likeness (QED) is 0.559. The van der Waals surface area contributed by atoms with Gasteiger partial charge in [-0.3, -0.25) is 4.79 Å². The summed E-state index contributed by atoms with van der Waals surface area (Å²) >= 11 is 11.8. The molecule has 2 aromatic heterocycles. The highest BCUT2D eigenvalue weighted by atomic mass is 35.5. The first-order valence-electron chi connectivity index (χ1n) is 7.98. The molecule has 7 nitrogen and oxygen atoms in total. The number of hydrogen-bond donors (Lipinski definition) is 0. The largest absolute Gasteiger partial charge is 0.497 e. The maximum absolute atomic E-state index is 13.0. The first-order chi connectivity index (χ1) is 13.9. The Morgan fingerprint density at radius 2 is 1.83 bits per heavy atom. The first-order valence-corrected chi connectivity index (χ1v) is 10.2. The van der Waals surface area contributed by atoms with Crippen LogP contribution in [-0.2, 0) is 16.2 Å². The number of carbonyl (C=O) groups excluding carboxylic acids is 1. The molecule has 0 N–H and O–H groups in total. The Hall–Kier alpha value is -2.50. The SMILES string of the molecule is COc1ccc(Cl)c(S(=O)(=O)N(C)C(=O)c2cn3cc(C(F)(F)F)cc(Cl)c3n2)c1. The minimum Gasteiger partial charge on any atom is -0.497 e. The van der Waals surface area contributed by atoms with Gasteiger partial charge in [-0.15, -0.1) is 0 Å². The lowest BCUT2D eigenvalue weighted by molar-refractivity contribution is -0.137. The van der Waals surface area contributed by atoms with Crippen LogP contribution in [0.1, 0.15) is 16.1 Å². The predicted octanol–water partition coefficient (Wildman–Crippen LogP) is 4.13. The lowest BCUT2D eigenvalue weighted by Crippen LogP contribution is -2.33. The van der Waals surface area contributed by atoms with Crippen LogP contribution in [0.15, 0.2) is 41.6 Å². The van der Waals surface area contributed by atoms with Crippen molar-refractivity contribution >= 4 is 44.8 Å². The zero-order chi connectivity index (χ0) is 22.4. The van der Waals surface area contributed by atoms with Gasteiger partial charge >= 0.3 is 6.18 Å². The predicted molar refractivity (Wildman–Crippen MR) is 102 cm³/mol. The van der Waals surface area contributed by atoms with Crippen LogP contribution in [-0.4, -0.2) is 42.2 Å². The van der Waals surface area contributed by atoms with Gasteiger partial charge in [0.15, 0.2) is 5.65 Å². The second kappa shape index (κ2) is 7.64. The van der Waals surface area contributed by atoms with E-state index in [2.05, 4.69) is 4.98 Å². The molecule has 0 saturated heterocycles. The molecule has 13 heteroatoms. The molecule has 1 amide bonds. The molecule has 0 aliphatic heterocycles. The van der Waals surface area contributed by atoms with Crippen molar-refractivity contribution in [2.24, 2.45) is 0 Å². The number of pyridine rings is 1. The molecule has 3 aromatic rings. The molecule has 0 saturated carbocycles. The topological polar surface area (TPSA) is 81.0 Å². The number of hydrogen-bond acceptors (Lipinski definition) is 5. The minimum absolute atomic E-state index is 0.141. The number of aromatic nitrogens is 2. The number of carbonyl (C=O) groups is 1. The lowest BCUT2D eigenvalue weighted by atomic mass is 10.3. The van der Waals surface area contributed by atoms with Gasteiger partial charge in [-0.2, -0.15) is 13.2 Å². The van der Waals surface area contributed by atoms with E-state index in [1.54, 1.807) is 0 Å². The van der Waals surface area contributed by atoms with E-state index in [1.807, 2.05) is 0 Å². The van der Waals surface area contributed by atoms with Gasteiger partial charge in [-0.05, 0) is 18.2 Å². The maximum atomic E-state index is 13.0. The summed E-state index contributed by atoms with van der Waals surface area (Å²) in [5, 5.41) is -0.506. The van der Waals surface area contributed by atoms with Crippen molar-refractivity contribution in [3.8, 4) is 5.75 Å². The minimum atomic E-state index is -4.67. The Bertz CT molecular complexity index is 1260. The van der Waals surface area contributed by atoms with Crippen molar-refractivity contribution in [2.75, 3.05) is 14.2 Å². The molecule has 0 aliphatic rings. The number of benzene rings is 1. The van der Waals surface area contributed by atoms with Crippen LogP contribution < -0.4 is 4.74 Å². The van der Waals surface area contributed by atoms with Gasteiger partial charge in [0.2, 0.25) is 0 Å². The monoisotopic (exact) mass is 481 g/mol. The van der Waals surface area contributed by atoms with Crippen LogP contribution >= 0.6 is 23.2 Å². The lowest BCUT2D eigenvalue weighted by Gasteiger charge is -2.17. The zero-order valence-electron chi connectivity index (χ0n) is 15.2.